The van der Waals surface area contributed by atoms with E-state index in [2.05, 4.69) is 0 Å². The highest BCUT2D eigenvalue weighted by atomic mass is 35.5. The predicted octanol–water partition coefficient (Wildman–Crippen LogP) is 2.83. The Morgan fingerprint density at radius 1 is 1.42 bits per heavy atom. The van der Waals surface area contributed by atoms with Gasteiger partial charge in [0.2, 0.25) is 0 Å². The zero-order valence-electron chi connectivity index (χ0n) is 6.19. The molecule has 0 fully saturated rings. The monoisotopic (exact) mass is 192 g/mol. The highest BCUT2D eigenvalue weighted by molar-refractivity contribution is 6.30. The van der Waals surface area contributed by atoms with E-state index >= 15 is 0 Å². The summed E-state index contributed by atoms with van der Waals surface area (Å²) in [5.41, 5.74) is 0. The number of hydrogen-bond donors (Lipinski definition) is 0. The third-order valence-corrected chi connectivity index (χ3v) is 1.54. The number of benzene rings is 1. The van der Waals surface area contributed by atoms with Crippen LogP contribution in [0.5, 0.6) is 5.75 Å². The van der Waals surface area contributed by atoms with Crippen LogP contribution in [0.25, 0.3) is 0 Å². The molecule has 0 saturated carbocycles. The highest BCUT2D eigenvalue weighted by Gasteiger charge is 2.00. The summed E-state index contributed by atoms with van der Waals surface area (Å²) in [6.45, 7) is -0.661. The van der Waals surface area contributed by atoms with Crippen LogP contribution in [0, 0.1) is 5.82 Å². The number of alkyl halides is 1. The first-order chi connectivity index (χ1) is 5.74. The second-order valence-electron chi connectivity index (χ2n) is 2.11. The molecule has 0 unspecified atom stereocenters. The van der Waals surface area contributed by atoms with E-state index in [0.717, 1.165) is 6.07 Å². The van der Waals surface area contributed by atoms with Gasteiger partial charge in [0, 0.05) is 6.07 Å². The van der Waals surface area contributed by atoms with Crippen LogP contribution in [0.1, 0.15) is 0 Å². The SMILES string of the molecule is FCCOc1ccc(Cl)c(F)c1. The van der Waals surface area contributed by atoms with E-state index in [1.54, 1.807) is 0 Å². The molecule has 1 rings (SSSR count). The minimum atomic E-state index is -0.593. The topological polar surface area (TPSA) is 9.23 Å². The first kappa shape index (κ1) is 9.26. The molecule has 0 saturated heterocycles. The van der Waals surface area contributed by atoms with Gasteiger partial charge in [-0.25, -0.2) is 8.78 Å². The van der Waals surface area contributed by atoms with Crippen LogP contribution in [0.15, 0.2) is 18.2 Å². The molecular weight excluding hydrogens is 186 g/mol. The van der Waals surface area contributed by atoms with Crippen LogP contribution in [0.2, 0.25) is 5.02 Å². The molecule has 0 atom stereocenters. The van der Waals surface area contributed by atoms with E-state index in [9.17, 15) is 8.78 Å². The van der Waals surface area contributed by atoms with Gasteiger partial charge in [0.1, 0.15) is 24.8 Å². The molecular formula is C8H7ClF2O. The third-order valence-electron chi connectivity index (χ3n) is 1.24. The Morgan fingerprint density at radius 2 is 2.17 bits per heavy atom. The number of hydrogen-bond acceptors (Lipinski definition) is 1. The summed E-state index contributed by atoms with van der Waals surface area (Å²) in [6, 6.07) is 3.98. The van der Waals surface area contributed by atoms with E-state index in [4.69, 9.17) is 16.3 Å². The second kappa shape index (κ2) is 4.26. The Bertz CT molecular complexity index is 265. The van der Waals surface area contributed by atoms with Crippen molar-refractivity contribution in [3.05, 3.63) is 29.0 Å². The smallest absolute Gasteiger partial charge is 0.145 e. The van der Waals surface area contributed by atoms with Gasteiger partial charge < -0.3 is 4.74 Å². The van der Waals surface area contributed by atoms with Crippen molar-refractivity contribution in [2.45, 2.75) is 0 Å². The van der Waals surface area contributed by atoms with E-state index in [1.807, 2.05) is 0 Å². The molecule has 12 heavy (non-hydrogen) atoms. The zero-order chi connectivity index (χ0) is 8.97. The highest BCUT2D eigenvalue weighted by Crippen LogP contribution is 2.20. The average molecular weight is 193 g/mol. The number of halogens is 3. The normalized spacial score (nSPS) is 9.92. The fourth-order valence-corrected chi connectivity index (χ4v) is 0.841. The van der Waals surface area contributed by atoms with Crippen LogP contribution in [0.3, 0.4) is 0 Å². The second-order valence-corrected chi connectivity index (χ2v) is 2.52. The number of ether oxygens (including phenoxy) is 1. The van der Waals surface area contributed by atoms with Gasteiger partial charge in [-0.05, 0) is 12.1 Å². The van der Waals surface area contributed by atoms with Gasteiger partial charge in [-0.2, -0.15) is 0 Å². The largest absolute Gasteiger partial charge is 0.491 e. The molecule has 1 aromatic carbocycles. The van der Waals surface area contributed by atoms with Crippen molar-refractivity contribution in [2.75, 3.05) is 13.3 Å². The lowest BCUT2D eigenvalue weighted by Gasteiger charge is -2.03. The van der Waals surface area contributed by atoms with Crippen LogP contribution < -0.4 is 4.74 Å². The Balaban J connectivity index is 2.69. The van der Waals surface area contributed by atoms with E-state index < -0.39 is 12.5 Å². The van der Waals surface area contributed by atoms with Gasteiger partial charge in [0.15, 0.2) is 0 Å². The molecule has 1 aromatic rings. The van der Waals surface area contributed by atoms with Gasteiger partial charge in [0.05, 0.1) is 5.02 Å². The summed E-state index contributed by atoms with van der Waals surface area (Å²) >= 11 is 5.41. The van der Waals surface area contributed by atoms with Gasteiger partial charge in [-0.15, -0.1) is 0 Å². The molecule has 0 heterocycles. The summed E-state index contributed by atoms with van der Waals surface area (Å²) in [7, 11) is 0. The molecule has 0 N–H and O–H groups in total. The van der Waals surface area contributed by atoms with Crippen molar-refractivity contribution in [3.8, 4) is 5.75 Å². The number of rotatable bonds is 3. The van der Waals surface area contributed by atoms with Crippen molar-refractivity contribution < 1.29 is 13.5 Å². The lowest BCUT2D eigenvalue weighted by atomic mass is 10.3. The Morgan fingerprint density at radius 3 is 2.75 bits per heavy atom. The van der Waals surface area contributed by atoms with Gasteiger partial charge in [0.25, 0.3) is 0 Å². The molecule has 0 spiro atoms. The Kier molecular flexibility index (Phi) is 3.29. The average Bonchev–Trinajstić information content (AvgIpc) is 2.07. The minimum absolute atomic E-state index is 0.0302. The van der Waals surface area contributed by atoms with E-state index in [-0.39, 0.29) is 17.4 Å². The summed E-state index contributed by atoms with van der Waals surface area (Å²) in [4.78, 5) is 0. The molecule has 1 nitrogen and oxygen atoms in total. The van der Waals surface area contributed by atoms with Crippen molar-refractivity contribution >= 4 is 11.6 Å². The molecule has 0 bridgehead atoms. The lowest BCUT2D eigenvalue weighted by Crippen LogP contribution is -1.98. The lowest BCUT2D eigenvalue weighted by molar-refractivity contribution is 0.272. The predicted molar refractivity (Wildman–Crippen MR) is 42.9 cm³/mol. The van der Waals surface area contributed by atoms with Crippen molar-refractivity contribution in [1.29, 1.82) is 0 Å². The summed E-state index contributed by atoms with van der Waals surface area (Å²) in [5, 5.41) is 0.0302. The summed E-state index contributed by atoms with van der Waals surface area (Å²) in [5.74, 6) is -0.275. The maximum atomic E-state index is 12.7. The molecule has 0 aliphatic carbocycles. The van der Waals surface area contributed by atoms with Gasteiger partial charge in [-0.3, -0.25) is 0 Å². The Hall–Kier alpha value is -0.830. The first-order valence-electron chi connectivity index (χ1n) is 3.38. The van der Waals surface area contributed by atoms with Crippen LogP contribution in [-0.2, 0) is 0 Å². The maximum absolute atomic E-state index is 12.7. The molecule has 0 amide bonds. The molecule has 0 aromatic heterocycles. The third kappa shape index (κ3) is 2.34. The van der Waals surface area contributed by atoms with Gasteiger partial charge >= 0.3 is 0 Å². The summed E-state index contributed by atoms with van der Waals surface area (Å²) < 4.78 is 29.1. The van der Waals surface area contributed by atoms with Crippen molar-refractivity contribution in [1.82, 2.24) is 0 Å². The van der Waals surface area contributed by atoms with E-state index in [0.29, 0.717) is 0 Å². The Labute approximate surface area is 73.9 Å². The molecule has 0 aliphatic rings. The fraction of sp³-hybridized carbons (Fsp3) is 0.250. The van der Waals surface area contributed by atoms with Crippen LogP contribution in [0.4, 0.5) is 8.78 Å². The van der Waals surface area contributed by atoms with E-state index in [1.165, 1.54) is 12.1 Å². The maximum Gasteiger partial charge on any atom is 0.145 e. The molecule has 4 heteroatoms. The fourth-order valence-electron chi connectivity index (χ4n) is 0.723. The standard InChI is InChI=1S/C8H7ClF2O/c9-7-2-1-6(5-8(7)11)12-4-3-10/h1-2,5H,3-4H2. The molecule has 0 radical (unpaired) electrons. The van der Waals surface area contributed by atoms with Crippen molar-refractivity contribution in [2.24, 2.45) is 0 Å². The summed E-state index contributed by atoms with van der Waals surface area (Å²) in [6.07, 6.45) is 0. The first-order valence-corrected chi connectivity index (χ1v) is 3.75. The molecule has 0 aliphatic heterocycles. The van der Waals surface area contributed by atoms with Crippen LogP contribution >= 0.6 is 11.6 Å². The van der Waals surface area contributed by atoms with Crippen LogP contribution in [-0.4, -0.2) is 13.3 Å². The van der Waals surface area contributed by atoms with Crippen molar-refractivity contribution in [3.63, 3.8) is 0 Å². The van der Waals surface area contributed by atoms with Gasteiger partial charge in [-0.1, -0.05) is 11.6 Å². The zero-order valence-corrected chi connectivity index (χ0v) is 6.94. The minimum Gasteiger partial charge on any atom is -0.491 e. The quantitative estimate of drug-likeness (QED) is 0.716. The molecule has 66 valence electrons.